The quantitative estimate of drug-likeness (QED) is 0.481. The molecule has 1 N–H and O–H groups in total. The van der Waals surface area contributed by atoms with Crippen LogP contribution in [-0.4, -0.2) is 25.0 Å². The molecule has 0 saturated carbocycles. The van der Waals surface area contributed by atoms with Crippen molar-refractivity contribution >= 4 is 19.0 Å². The number of phenolic OH excluding ortho intramolecular Hbond substituents is 1. The SMILES string of the molecule is Bc1cc(O)cc([N+](=O)OC)c1. The number of hydrogen-bond acceptors (Lipinski definition) is 3. The first kappa shape index (κ1) is 8.58. The fraction of sp³-hybridized carbons (Fsp3) is 0.143. The number of aromatic hydroxyl groups is 1. The molecule has 0 bridgehead atoms. The van der Waals surface area contributed by atoms with Crippen LogP contribution in [0.3, 0.4) is 0 Å². The highest BCUT2D eigenvalue weighted by molar-refractivity contribution is 6.32. The molecule has 1 rings (SSSR count). The van der Waals surface area contributed by atoms with Crippen molar-refractivity contribution in [3.63, 3.8) is 0 Å². The zero-order valence-electron chi connectivity index (χ0n) is 6.94. The molecule has 0 aliphatic rings. The first-order chi connectivity index (χ1) is 5.63. The van der Waals surface area contributed by atoms with Gasteiger partial charge in [-0.3, -0.25) is 0 Å². The van der Waals surface area contributed by atoms with Gasteiger partial charge in [0, 0.05) is 6.07 Å². The van der Waals surface area contributed by atoms with Gasteiger partial charge in [0.15, 0.2) is 7.11 Å². The molecule has 0 aliphatic carbocycles. The summed E-state index contributed by atoms with van der Waals surface area (Å²) in [6.07, 6.45) is 0. The van der Waals surface area contributed by atoms with Crippen molar-refractivity contribution in [1.29, 1.82) is 0 Å². The second-order valence-corrected chi connectivity index (χ2v) is 2.47. The molecule has 0 aliphatic heterocycles. The molecule has 0 fully saturated rings. The molecule has 12 heavy (non-hydrogen) atoms. The topological polar surface area (TPSA) is 49.5 Å². The zero-order chi connectivity index (χ0) is 9.14. The van der Waals surface area contributed by atoms with Crippen LogP contribution in [0.5, 0.6) is 5.75 Å². The second kappa shape index (κ2) is 3.25. The molecule has 4 nitrogen and oxygen atoms in total. The minimum Gasteiger partial charge on any atom is -0.508 e. The Balaban J connectivity index is 3.08. The summed E-state index contributed by atoms with van der Waals surface area (Å²) in [6, 6.07) is 4.52. The third-order valence-corrected chi connectivity index (χ3v) is 1.42. The molecule has 62 valence electrons. The Kier molecular flexibility index (Phi) is 2.33. The van der Waals surface area contributed by atoms with Gasteiger partial charge in [-0.25, -0.2) is 4.84 Å². The number of rotatable bonds is 2. The molecule has 1 aromatic rings. The molecule has 0 spiro atoms. The smallest absolute Gasteiger partial charge is 0.319 e. The van der Waals surface area contributed by atoms with Crippen LogP contribution < -0.4 is 5.46 Å². The average molecular weight is 166 g/mol. The molecule has 0 unspecified atom stereocenters. The summed E-state index contributed by atoms with van der Waals surface area (Å²) in [6.45, 7) is 0. The van der Waals surface area contributed by atoms with Crippen molar-refractivity contribution in [1.82, 2.24) is 0 Å². The summed E-state index contributed by atoms with van der Waals surface area (Å²) < 4.78 is 0. The Morgan fingerprint density at radius 1 is 1.50 bits per heavy atom. The van der Waals surface area contributed by atoms with Crippen LogP contribution in [-0.2, 0) is 4.84 Å². The van der Waals surface area contributed by atoms with E-state index in [1.807, 2.05) is 0 Å². The van der Waals surface area contributed by atoms with Crippen molar-refractivity contribution in [3.8, 4) is 5.75 Å². The Morgan fingerprint density at radius 3 is 2.67 bits per heavy atom. The molecule has 0 amide bonds. The summed E-state index contributed by atoms with van der Waals surface area (Å²) in [5.41, 5.74) is 1.10. The van der Waals surface area contributed by atoms with Gasteiger partial charge < -0.3 is 5.11 Å². The fourth-order valence-electron chi connectivity index (χ4n) is 0.954. The van der Waals surface area contributed by atoms with E-state index in [9.17, 15) is 4.91 Å². The molecule has 0 heterocycles. The van der Waals surface area contributed by atoms with E-state index >= 15 is 0 Å². The van der Waals surface area contributed by atoms with Crippen LogP contribution in [0.1, 0.15) is 0 Å². The Labute approximate surface area is 70.7 Å². The predicted octanol–water partition coefficient (Wildman–Crippen LogP) is -0.378. The lowest BCUT2D eigenvalue weighted by atomic mass is 9.96. The third kappa shape index (κ3) is 1.75. The van der Waals surface area contributed by atoms with Gasteiger partial charge in [-0.2, -0.15) is 0 Å². The molecule has 0 atom stereocenters. The lowest BCUT2D eigenvalue weighted by Gasteiger charge is -1.93. The summed E-state index contributed by atoms with van der Waals surface area (Å²) >= 11 is 0. The lowest BCUT2D eigenvalue weighted by Crippen LogP contribution is -2.05. The van der Waals surface area contributed by atoms with E-state index in [0.717, 1.165) is 5.46 Å². The summed E-state index contributed by atoms with van der Waals surface area (Å²) in [7, 11) is 3.05. The van der Waals surface area contributed by atoms with Gasteiger partial charge in [0.25, 0.3) is 4.92 Å². The summed E-state index contributed by atoms with van der Waals surface area (Å²) in [5, 5.41) is 9.12. The minimum absolute atomic E-state index is 0.0582. The highest BCUT2D eigenvalue weighted by Gasteiger charge is 2.14. The van der Waals surface area contributed by atoms with Crippen LogP contribution in [0.25, 0.3) is 0 Å². The van der Waals surface area contributed by atoms with Crippen molar-refractivity contribution in [2.75, 3.05) is 7.11 Å². The van der Waals surface area contributed by atoms with Gasteiger partial charge >= 0.3 is 5.69 Å². The number of nitrogens with zero attached hydrogens (tertiary/aromatic N) is 1. The van der Waals surface area contributed by atoms with Crippen LogP contribution in [0.2, 0.25) is 0 Å². The van der Waals surface area contributed by atoms with Crippen molar-refractivity contribution < 1.29 is 14.9 Å². The van der Waals surface area contributed by atoms with Gasteiger partial charge in [0.1, 0.15) is 13.6 Å². The lowest BCUT2D eigenvalue weighted by molar-refractivity contribution is -0.736. The molecule has 1 aromatic carbocycles. The van der Waals surface area contributed by atoms with Crippen molar-refractivity contribution in [2.45, 2.75) is 0 Å². The van der Waals surface area contributed by atoms with Gasteiger partial charge in [-0.15, -0.1) is 0 Å². The van der Waals surface area contributed by atoms with Gasteiger partial charge in [-0.05, 0) is 6.07 Å². The van der Waals surface area contributed by atoms with Crippen LogP contribution in [0.4, 0.5) is 5.69 Å². The van der Waals surface area contributed by atoms with E-state index in [1.54, 1.807) is 20.0 Å². The molecule has 0 aromatic heterocycles. The van der Waals surface area contributed by atoms with E-state index < -0.39 is 0 Å². The number of phenols is 1. The van der Waals surface area contributed by atoms with E-state index in [4.69, 9.17) is 5.11 Å². The van der Waals surface area contributed by atoms with E-state index in [1.165, 1.54) is 13.2 Å². The van der Waals surface area contributed by atoms with E-state index in [2.05, 4.69) is 4.84 Å². The third-order valence-electron chi connectivity index (χ3n) is 1.42. The molecular weight excluding hydrogens is 157 g/mol. The Bertz CT molecular complexity index is 293. The fourth-order valence-corrected chi connectivity index (χ4v) is 0.954. The Hall–Kier alpha value is -1.52. The van der Waals surface area contributed by atoms with Crippen LogP contribution in [0.15, 0.2) is 18.2 Å². The second-order valence-electron chi connectivity index (χ2n) is 2.47. The molecule has 0 saturated heterocycles. The summed E-state index contributed by atoms with van der Waals surface area (Å²) in [5.74, 6) is 0.0582. The monoisotopic (exact) mass is 166 g/mol. The van der Waals surface area contributed by atoms with Crippen LogP contribution >= 0.6 is 0 Å². The number of hydrogen-bond donors (Lipinski definition) is 1. The maximum Gasteiger partial charge on any atom is 0.319 e. The van der Waals surface area contributed by atoms with Gasteiger partial charge in [0.2, 0.25) is 0 Å². The summed E-state index contributed by atoms with van der Waals surface area (Å²) in [4.78, 5) is 15.7. The molecule has 0 radical (unpaired) electrons. The minimum atomic E-state index is 0.0582. The highest BCUT2D eigenvalue weighted by Crippen LogP contribution is 2.15. The predicted molar refractivity (Wildman–Crippen MR) is 46.6 cm³/mol. The normalized spacial score (nSPS) is 9.42. The first-order valence-corrected chi connectivity index (χ1v) is 3.45. The highest BCUT2D eigenvalue weighted by atomic mass is 16.8. The van der Waals surface area contributed by atoms with Gasteiger partial charge in [0.05, 0.1) is 11.0 Å². The standard InChI is InChI=1S/C7H8BNO3/c1-12-9(11)6-2-5(8)3-7(10)4-6/h2-4H,8H2,1H3/p+1. The zero-order valence-corrected chi connectivity index (χ0v) is 6.94. The molecular formula is C7H9BNO3+. The molecule has 5 heteroatoms. The van der Waals surface area contributed by atoms with E-state index in [-0.39, 0.29) is 11.4 Å². The van der Waals surface area contributed by atoms with Crippen LogP contribution in [0, 0.1) is 4.91 Å². The average Bonchev–Trinajstić information content (AvgIpc) is 2.01. The van der Waals surface area contributed by atoms with Crippen molar-refractivity contribution in [3.05, 3.63) is 23.1 Å². The van der Waals surface area contributed by atoms with Crippen molar-refractivity contribution in [2.24, 2.45) is 0 Å². The first-order valence-electron chi connectivity index (χ1n) is 3.45. The Morgan fingerprint density at radius 2 is 2.17 bits per heavy atom. The largest absolute Gasteiger partial charge is 0.508 e. The van der Waals surface area contributed by atoms with E-state index in [0.29, 0.717) is 4.92 Å². The maximum atomic E-state index is 10.9. The number of benzene rings is 1. The maximum absolute atomic E-state index is 10.9. The van der Waals surface area contributed by atoms with Gasteiger partial charge in [-0.1, -0.05) is 5.46 Å².